The number of aryl methyl sites for hydroxylation is 1. The van der Waals surface area contributed by atoms with E-state index in [1.807, 2.05) is 13.2 Å². The molecule has 0 saturated carbocycles. The van der Waals surface area contributed by atoms with E-state index in [0.29, 0.717) is 36.4 Å². The summed E-state index contributed by atoms with van der Waals surface area (Å²) >= 11 is 6.15. The van der Waals surface area contributed by atoms with E-state index in [0.717, 1.165) is 12.1 Å². The summed E-state index contributed by atoms with van der Waals surface area (Å²) in [7, 11) is -1.31. The fraction of sp³-hybridized carbons (Fsp3) is 0.500. The lowest BCUT2D eigenvalue weighted by Crippen LogP contribution is -2.28. The Hall–Kier alpha value is -1.91. The Morgan fingerprint density at radius 3 is 2.84 bits per heavy atom. The predicted molar refractivity (Wildman–Crippen MR) is 96.5 cm³/mol. The van der Waals surface area contributed by atoms with Crippen LogP contribution in [0.3, 0.4) is 0 Å². The Kier molecular flexibility index (Phi) is 5.11. The van der Waals surface area contributed by atoms with Gasteiger partial charge in [-0.1, -0.05) is 11.6 Å². The molecule has 25 heavy (non-hydrogen) atoms. The lowest BCUT2D eigenvalue weighted by Gasteiger charge is -2.15. The summed E-state index contributed by atoms with van der Waals surface area (Å²) in [5, 5.41) is 10.7. The van der Waals surface area contributed by atoms with Crippen molar-refractivity contribution >= 4 is 39.1 Å². The van der Waals surface area contributed by atoms with E-state index in [-0.39, 0.29) is 5.92 Å². The van der Waals surface area contributed by atoms with Crippen molar-refractivity contribution < 1.29 is 8.42 Å². The van der Waals surface area contributed by atoms with Gasteiger partial charge in [-0.05, 0) is 12.3 Å². The zero-order chi connectivity index (χ0) is 18.0. The molecular formula is C14H20ClN7O2S. The zero-order valence-electron chi connectivity index (χ0n) is 14.0. The summed E-state index contributed by atoms with van der Waals surface area (Å²) in [6.45, 7) is 1.65. The van der Waals surface area contributed by atoms with Crippen LogP contribution in [0.15, 0.2) is 18.6 Å². The van der Waals surface area contributed by atoms with E-state index in [4.69, 9.17) is 11.6 Å². The van der Waals surface area contributed by atoms with Gasteiger partial charge in [-0.3, -0.25) is 4.68 Å². The molecule has 1 saturated heterocycles. The first-order valence-electron chi connectivity index (χ1n) is 7.78. The fourth-order valence-electron chi connectivity index (χ4n) is 2.67. The quantitative estimate of drug-likeness (QED) is 0.772. The molecule has 2 aromatic heterocycles. The average Bonchev–Trinajstić information content (AvgIpc) is 3.16. The normalized spacial score (nSPS) is 18.4. The fourth-order valence-corrected chi connectivity index (χ4v) is 3.75. The maximum atomic E-state index is 11.6. The molecule has 3 rings (SSSR count). The van der Waals surface area contributed by atoms with E-state index in [9.17, 15) is 8.42 Å². The molecule has 0 radical (unpaired) electrons. The maximum Gasteiger partial charge on any atom is 0.229 e. The minimum Gasteiger partial charge on any atom is -0.368 e. The van der Waals surface area contributed by atoms with Crippen molar-refractivity contribution in [2.24, 2.45) is 13.0 Å². The topological polar surface area (TPSA) is 105 Å². The Bertz CT molecular complexity index is 855. The van der Waals surface area contributed by atoms with Gasteiger partial charge in [0.05, 0.1) is 24.3 Å². The first-order chi connectivity index (χ1) is 11.8. The molecule has 1 aliphatic rings. The SMILES string of the molecule is Cn1cc(Nc2ncc(Cl)c(NC[C@@H]3CCN(S(C)(=O)=O)C3)n2)cn1. The largest absolute Gasteiger partial charge is 0.368 e. The van der Waals surface area contributed by atoms with Crippen LogP contribution in [-0.4, -0.2) is 58.4 Å². The van der Waals surface area contributed by atoms with Gasteiger partial charge >= 0.3 is 0 Å². The second-order valence-electron chi connectivity index (χ2n) is 6.07. The first kappa shape index (κ1) is 17.9. The second-order valence-corrected chi connectivity index (χ2v) is 8.46. The highest BCUT2D eigenvalue weighted by atomic mass is 35.5. The highest BCUT2D eigenvalue weighted by Gasteiger charge is 2.28. The lowest BCUT2D eigenvalue weighted by atomic mass is 10.1. The number of rotatable bonds is 6. The van der Waals surface area contributed by atoms with Gasteiger partial charge in [0.15, 0.2) is 5.82 Å². The van der Waals surface area contributed by atoms with Crippen molar-refractivity contribution in [2.45, 2.75) is 6.42 Å². The van der Waals surface area contributed by atoms with E-state index in [1.54, 1.807) is 10.9 Å². The summed E-state index contributed by atoms with van der Waals surface area (Å²) < 4.78 is 26.3. The first-order valence-corrected chi connectivity index (χ1v) is 10.0. The molecule has 136 valence electrons. The third-order valence-electron chi connectivity index (χ3n) is 3.98. The Labute approximate surface area is 151 Å². The van der Waals surface area contributed by atoms with Crippen LogP contribution in [0.5, 0.6) is 0 Å². The smallest absolute Gasteiger partial charge is 0.229 e. The van der Waals surface area contributed by atoms with Crippen molar-refractivity contribution in [3.05, 3.63) is 23.6 Å². The third-order valence-corrected chi connectivity index (χ3v) is 5.53. The molecule has 11 heteroatoms. The molecule has 2 N–H and O–H groups in total. The van der Waals surface area contributed by atoms with Crippen LogP contribution in [-0.2, 0) is 17.1 Å². The summed E-state index contributed by atoms with van der Waals surface area (Å²) in [5.41, 5.74) is 0.773. The number of hydrogen-bond acceptors (Lipinski definition) is 7. The van der Waals surface area contributed by atoms with Gasteiger partial charge in [-0.25, -0.2) is 17.7 Å². The Morgan fingerprint density at radius 1 is 1.40 bits per heavy atom. The van der Waals surface area contributed by atoms with Crippen molar-refractivity contribution in [3.8, 4) is 0 Å². The van der Waals surface area contributed by atoms with Gasteiger partial charge < -0.3 is 10.6 Å². The van der Waals surface area contributed by atoms with Crippen molar-refractivity contribution in [3.63, 3.8) is 0 Å². The Morgan fingerprint density at radius 2 is 2.20 bits per heavy atom. The molecule has 1 aliphatic heterocycles. The van der Waals surface area contributed by atoms with E-state index >= 15 is 0 Å². The molecule has 1 fully saturated rings. The molecule has 0 spiro atoms. The summed E-state index contributed by atoms with van der Waals surface area (Å²) in [6, 6.07) is 0. The lowest BCUT2D eigenvalue weighted by molar-refractivity contribution is 0.466. The predicted octanol–water partition coefficient (Wildman–Crippen LogP) is 1.30. The second kappa shape index (κ2) is 7.14. The van der Waals surface area contributed by atoms with Gasteiger partial charge in [-0.15, -0.1) is 0 Å². The monoisotopic (exact) mass is 385 g/mol. The molecular weight excluding hydrogens is 366 g/mol. The molecule has 0 aromatic carbocycles. The highest BCUT2D eigenvalue weighted by molar-refractivity contribution is 7.88. The highest BCUT2D eigenvalue weighted by Crippen LogP contribution is 2.23. The van der Waals surface area contributed by atoms with E-state index < -0.39 is 10.0 Å². The van der Waals surface area contributed by atoms with Gasteiger partial charge in [-0.2, -0.15) is 10.1 Å². The van der Waals surface area contributed by atoms with Crippen LogP contribution >= 0.6 is 11.6 Å². The molecule has 0 aliphatic carbocycles. The maximum absolute atomic E-state index is 11.6. The Balaban J connectivity index is 1.61. The zero-order valence-corrected chi connectivity index (χ0v) is 15.5. The third kappa shape index (κ3) is 4.59. The molecule has 0 unspecified atom stereocenters. The van der Waals surface area contributed by atoms with Crippen LogP contribution < -0.4 is 10.6 Å². The van der Waals surface area contributed by atoms with Crippen molar-refractivity contribution in [1.29, 1.82) is 0 Å². The average molecular weight is 386 g/mol. The van der Waals surface area contributed by atoms with Crippen LogP contribution in [0.1, 0.15) is 6.42 Å². The number of sulfonamides is 1. The molecule has 0 amide bonds. The summed E-state index contributed by atoms with van der Waals surface area (Å²) in [6.07, 6.45) is 7.05. The van der Waals surface area contributed by atoms with Crippen molar-refractivity contribution in [1.82, 2.24) is 24.1 Å². The van der Waals surface area contributed by atoms with Crippen LogP contribution in [0.25, 0.3) is 0 Å². The van der Waals surface area contributed by atoms with Gasteiger partial charge in [0.25, 0.3) is 0 Å². The number of nitrogens with one attached hydrogen (secondary N) is 2. The van der Waals surface area contributed by atoms with E-state index in [1.165, 1.54) is 16.8 Å². The summed E-state index contributed by atoms with van der Waals surface area (Å²) in [5.74, 6) is 1.14. The summed E-state index contributed by atoms with van der Waals surface area (Å²) in [4.78, 5) is 8.52. The van der Waals surface area contributed by atoms with Crippen molar-refractivity contribution in [2.75, 3.05) is 36.5 Å². The number of anilines is 3. The van der Waals surface area contributed by atoms with Crippen LogP contribution in [0.4, 0.5) is 17.5 Å². The van der Waals surface area contributed by atoms with Crippen LogP contribution in [0.2, 0.25) is 5.02 Å². The van der Waals surface area contributed by atoms with Gasteiger partial charge in [0.2, 0.25) is 16.0 Å². The number of nitrogens with zero attached hydrogens (tertiary/aromatic N) is 5. The molecule has 0 bridgehead atoms. The number of halogens is 1. The number of hydrogen-bond donors (Lipinski definition) is 2. The van der Waals surface area contributed by atoms with Crippen LogP contribution in [0, 0.1) is 5.92 Å². The molecule has 3 heterocycles. The molecule has 9 nitrogen and oxygen atoms in total. The molecule has 2 aromatic rings. The van der Waals surface area contributed by atoms with E-state index in [2.05, 4.69) is 25.7 Å². The standard InChI is InChI=1S/C14H20ClN7O2S/c1-21-9-11(6-18-21)19-14-17-7-12(15)13(20-14)16-5-10-3-4-22(8-10)25(2,23)24/h6-7,9-10H,3-5,8H2,1-2H3,(H2,16,17,19,20)/t10-/m0/s1. The number of aromatic nitrogens is 4. The minimum atomic E-state index is -3.13. The van der Waals surface area contributed by atoms with Gasteiger partial charge in [0.1, 0.15) is 5.02 Å². The minimum absolute atomic E-state index is 0.218. The van der Waals surface area contributed by atoms with Gasteiger partial charge in [0, 0.05) is 32.9 Å². The molecule has 1 atom stereocenters.